The van der Waals surface area contributed by atoms with Gasteiger partial charge in [-0.2, -0.15) is 0 Å². The van der Waals surface area contributed by atoms with E-state index in [4.69, 9.17) is 4.74 Å². The van der Waals surface area contributed by atoms with Crippen molar-refractivity contribution in [1.29, 1.82) is 0 Å². The number of carbonyl (C=O) groups is 1. The Hall–Kier alpha value is -2.36. The highest BCUT2D eigenvalue weighted by Gasteiger charge is 2.16. The molecule has 3 nitrogen and oxygen atoms in total. The van der Waals surface area contributed by atoms with Crippen LogP contribution in [0.3, 0.4) is 0 Å². The van der Waals surface area contributed by atoms with E-state index in [1.165, 1.54) is 36.1 Å². The summed E-state index contributed by atoms with van der Waals surface area (Å²) in [5, 5.41) is 2.91. The summed E-state index contributed by atoms with van der Waals surface area (Å²) in [7, 11) is 0. The zero-order valence-electron chi connectivity index (χ0n) is 15.3. The Kier molecular flexibility index (Phi) is 6.26. The van der Waals surface area contributed by atoms with Gasteiger partial charge in [0.2, 0.25) is 0 Å². The van der Waals surface area contributed by atoms with Gasteiger partial charge in [0, 0.05) is 6.54 Å². The molecule has 0 aliphatic heterocycles. The fourth-order valence-electron chi connectivity index (χ4n) is 3.34. The zero-order chi connectivity index (χ0) is 18.4. The third-order valence-corrected chi connectivity index (χ3v) is 4.86. The number of aryl methyl sites for hydroxylation is 3. The van der Waals surface area contributed by atoms with E-state index in [2.05, 4.69) is 17.4 Å². The first-order valence-corrected chi connectivity index (χ1v) is 9.42. The van der Waals surface area contributed by atoms with Crippen molar-refractivity contribution >= 4 is 5.91 Å². The van der Waals surface area contributed by atoms with Crippen LogP contribution in [0.1, 0.15) is 42.9 Å². The van der Waals surface area contributed by atoms with Crippen LogP contribution in [0.25, 0.3) is 0 Å². The van der Waals surface area contributed by atoms with E-state index in [1.54, 1.807) is 19.1 Å². The van der Waals surface area contributed by atoms with Crippen LogP contribution in [0.2, 0.25) is 0 Å². The lowest BCUT2D eigenvalue weighted by atomic mass is 9.92. The summed E-state index contributed by atoms with van der Waals surface area (Å²) in [5.74, 6) is 0.427. The number of rotatable bonds is 7. The predicted octanol–water partition coefficient (Wildman–Crippen LogP) is 4.22. The number of fused-ring (bicyclic) bond motifs is 1. The summed E-state index contributed by atoms with van der Waals surface area (Å²) in [6.45, 7) is 2.35. The van der Waals surface area contributed by atoms with E-state index >= 15 is 0 Å². The molecule has 3 rings (SSSR count). The van der Waals surface area contributed by atoms with Crippen molar-refractivity contribution in [2.24, 2.45) is 0 Å². The van der Waals surface area contributed by atoms with Crippen LogP contribution in [0.5, 0.6) is 5.75 Å². The SMILES string of the molecule is C[C@@H](Oc1ccc2c(c1)CCCC2)C(=O)NCCCc1ccc(F)cc1. The Bertz CT molecular complexity index is 742. The first kappa shape index (κ1) is 18.4. The van der Waals surface area contributed by atoms with Crippen LogP contribution in [-0.4, -0.2) is 18.6 Å². The number of amides is 1. The van der Waals surface area contributed by atoms with E-state index in [1.807, 2.05) is 6.07 Å². The monoisotopic (exact) mass is 355 g/mol. The topological polar surface area (TPSA) is 38.3 Å². The van der Waals surface area contributed by atoms with Gasteiger partial charge in [0.1, 0.15) is 11.6 Å². The quantitative estimate of drug-likeness (QED) is 0.755. The van der Waals surface area contributed by atoms with Gasteiger partial charge in [0.05, 0.1) is 0 Å². The van der Waals surface area contributed by atoms with Crippen LogP contribution >= 0.6 is 0 Å². The molecular formula is C22H26FNO2. The summed E-state index contributed by atoms with van der Waals surface area (Å²) in [5.41, 5.74) is 3.82. The molecule has 0 radical (unpaired) electrons. The summed E-state index contributed by atoms with van der Waals surface area (Å²) in [4.78, 5) is 12.2. The molecule has 0 spiro atoms. The number of nitrogens with one attached hydrogen (secondary N) is 1. The van der Waals surface area contributed by atoms with Gasteiger partial charge >= 0.3 is 0 Å². The Morgan fingerprint density at radius 1 is 1.12 bits per heavy atom. The van der Waals surface area contributed by atoms with E-state index in [0.29, 0.717) is 6.54 Å². The molecule has 1 amide bonds. The average Bonchev–Trinajstić information content (AvgIpc) is 2.66. The maximum atomic E-state index is 12.9. The molecule has 2 aromatic rings. The standard InChI is InChI=1S/C22H26FNO2/c1-16(26-21-13-10-18-6-2-3-7-19(18)15-21)22(25)24-14-4-5-17-8-11-20(23)12-9-17/h8-13,15-16H,2-7,14H2,1H3,(H,24,25)/t16-/m1/s1. The number of benzene rings is 2. The lowest BCUT2D eigenvalue weighted by Crippen LogP contribution is -2.37. The Morgan fingerprint density at radius 3 is 2.62 bits per heavy atom. The van der Waals surface area contributed by atoms with Crippen LogP contribution in [-0.2, 0) is 24.1 Å². The van der Waals surface area contributed by atoms with Crippen molar-refractivity contribution in [3.05, 3.63) is 65.0 Å². The predicted molar refractivity (Wildman–Crippen MR) is 101 cm³/mol. The summed E-state index contributed by atoms with van der Waals surface area (Å²) < 4.78 is 18.7. The van der Waals surface area contributed by atoms with Crippen LogP contribution in [0, 0.1) is 5.82 Å². The molecule has 2 aromatic carbocycles. The molecule has 1 N–H and O–H groups in total. The molecule has 0 unspecified atom stereocenters. The van der Waals surface area contributed by atoms with Crippen LogP contribution in [0.15, 0.2) is 42.5 Å². The largest absolute Gasteiger partial charge is 0.481 e. The summed E-state index contributed by atoms with van der Waals surface area (Å²) >= 11 is 0. The molecule has 0 fully saturated rings. The number of hydrogen-bond acceptors (Lipinski definition) is 2. The lowest BCUT2D eigenvalue weighted by Gasteiger charge is -2.19. The second-order valence-corrected chi connectivity index (χ2v) is 6.92. The van der Waals surface area contributed by atoms with Crippen molar-refractivity contribution in [2.75, 3.05) is 6.54 Å². The molecule has 1 aliphatic rings. The molecular weight excluding hydrogens is 329 g/mol. The maximum absolute atomic E-state index is 12.9. The van der Waals surface area contributed by atoms with Crippen LogP contribution in [0.4, 0.5) is 4.39 Å². The number of hydrogen-bond donors (Lipinski definition) is 1. The highest BCUT2D eigenvalue weighted by Crippen LogP contribution is 2.25. The third-order valence-electron chi connectivity index (χ3n) is 4.86. The minimum atomic E-state index is -0.525. The van der Waals surface area contributed by atoms with Crippen molar-refractivity contribution in [3.63, 3.8) is 0 Å². The molecule has 26 heavy (non-hydrogen) atoms. The van der Waals surface area contributed by atoms with Gasteiger partial charge < -0.3 is 10.1 Å². The molecule has 0 saturated heterocycles. The van der Waals surface area contributed by atoms with Gasteiger partial charge in [0.25, 0.3) is 5.91 Å². The summed E-state index contributed by atoms with van der Waals surface area (Å²) in [6.07, 6.45) is 5.80. The lowest BCUT2D eigenvalue weighted by molar-refractivity contribution is -0.127. The molecule has 138 valence electrons. The molecule has 0 bridgehead atoms. The average molecular weight is 355 g/mol. The van der Waals surface area contributed by atoms with Crippen molar-refractivity contribution < 1.29 is 13.9 Å². The fourth-order valence-corrected chi connectivity index (χ4v) is 3.34. The van der Waals surface area contributed by atoms with Crippen LogP contribution < -0.4 is 10.1 Å². The van der Waals surface area contributed by atoms with E-state index < -0.39 is 6.10 Å². The smallest absolute Gasteiger partial charge is 0.260 e. The number of ether oxygens (including phenoxy) is 1. The number of carbonyl (C=O) groups excluding carboxylic acids is 1. The minimum absolute atomic E-state index is 0.109. The van der Waals surface area contributed by atoms with Crippen molar-refractivity contribution in [2.45, 2.75) is 51.6 Å². The first-order valence-electron chi connectivity index (χ1n) is 9.42. The highest BCUT2D eigenvalue weighted by atomic mass is 19.1. The Morgan fingerprint density at radius 2 is 1.85 bits per heavy atom. The Labute approximate surface area is 154 Å². The number of halogens is 1. The van der Waals surface area contributed by atoms with Gasteiger partial charge in [0.15, 0.2) is 6.10 Å². The van der Waals surface area contributed by atoms with Gasteiger partial charge in [-0.25, -0.2) is 4.39 Å². The second-order valence-electron chi connectivity index (χ2n) is 6.92. The Balaban J connectivity index is 1.42. The zero-order valence-corrected chi connectivity index (χ0v) is 15.3. The van der Waals surface area contributed by atoms with E-state index in [0.717, 1.165) is 37.0 Å². The van der Waals surface area contributed by atoms with Gasteiger partial charge in [-0.1, -0.05) is 18.2 Å². The summed E-state index contributed by atoms with van der Waals surface area (Å²) in [6, 6.07) is 12.6. The van der Waals surface area contributed by atoms with Crippen molar-refractivity contribution in [3.8, 4) is 5.75 Å². The van der Waals surface area contributed by atoms with Gasteiger partial charge in [-0.15, -0.1) is 0 Å². The highest BCUT2D eigenvalue weighted by molar-refractivity contribution is 5.80. The minimum Gasteiger partial charge on any atom is -0.481 e. The van der Waals surface area contributed by atoms with E-state index in [-0.39, 0.29) is 11.7 Å². The van der Waals surface area contributed by atoms with Gasteiger partial charge in [-0.3, -0.25) is 4.79 Å². The van der Waals surface area contributed by atoms with Crippen molar-refractivity contribution in [1.82, 2.24) is 5.32 Å². The maximum Gasteiger partial charge on any atom is 0.260 e. The third kappa shape index (κ3) is 5.07. The normalized spacial score (nSPS) is 14.4. The molecule has 0 saturated carbocycles. The molecule has 4 heteroatoms. The first-order chi connectivity index (χ1) is 12.6. The molecule has 1 aliphatic carbocycles. The molecule has 0 heterocycles. The fraction of sp³-hybridized carbons (Fsp3) is 0.409. The molecule has 0 aromatic heterocycles. The second kappa shape index (κ2) is 8.84. The van der Waals surface area contributed by atoms with E-state index in [9.17, 15) is 9.18 Å². The van der Waals surface area contributed by atoms with Gasteiger partial charge in [-0.05, 0) is 86.4 Å². The molecule has 1 atom stereocenters.